The molecule has 1 atom stereocenters. The molecule has 0 bridgehead atoms. The highest BCUT2D eigenvalue weighted by Crippen LogP contribution is 2.32. The molecule has 1 saturated carbocycles. The van der Waals surface area contributed by atoms with Crippen molar-refractivity contribution < 1.29 is 17.4 Å². The zero-order valence-electron chi connectivity index (χ0n) is 15.4. The second-order valence-electron chi connectivity index (χ2n) is 7.00. The van der Waals surface area contributed by atoms with Gasteiger partial charge in [0.05, 0.1) is 10.8 Å². The van der Waals surface area contributed by atoms with Gasteiger partial charge in [0, 0.05) is 28.8 Å². The molecule has 3 rings (SSSR count). The van der Waals surface area contributed by atoms with E-state index < -0.39 is 28.1 Å². The number of benzene rings is 1. The highest BCUT2D eigenvalue weighted by atomic mass is 32.2. The summed E-state index contributed by atoms with van der Waals surface area (Å²) >= 11 is 0. The highest BCUT2D eigenvalue weighted by Gasteiger charge is 2.34. The maximum absolute atomic E-state index is 13.0. The fourth-order valence-corrected chi connectivity index (χ4v) is 5.31. The van der Waals surface area contributed by atoms with Crippen LogP contribution in [0.2, 0.25) is 0 Å². The van der Waals surface area contributed by atoms with Crippen LogP contribution in [0.1, 0.15) is 42.5 Å². The quantitative estimate of drug-likeness (QED) is 0.781. The predicted octanol–water partition coefficient (Wildman–Crippen LogP) is 4.13. The summed E-state index contributed by atoms with van der Waals surface area (Å²) in [4.78, 5) is 13.0. The van der Waals surface area contributed by atoms with E-state index in [2.05, 4.69) is 5.10 Å². The molecule has 1 aliphatic rings. The minimum atomic E-state index is -4.66. The molecule has 2 aromatic rings. The van der Waals surface area contributed by atoms with E-state index in [1.54, 1.807) is 13.0 Å². The third-order valence-electron chi connectivity index (χ3n) is 4.99. The molecule has 146 valence electrons. The Balaban J connectivity index is 2.12. The first-order chi connectivity index (χ1) is 12.6. The topological polar surface area (TPSA) is 52.0 Å². The minimum absolute atomic E-state index is 0.0623. The molecule has 0 N–H and O–H groups in total. The van der Waals surface area contributed by atoms with Crippen molar-refractivity contribution in [1.29, 1.82) is 0 Å². The number of halogens is 3. The molecule has 1 aromatic heterocycles. The summed E-state index contributed by atoms with van der Waals surface area (Å²) in [5.41, 5.74) is 0.0268. The Hall–Kier alpha value is -1.96. The van der Waals surface area contributed by atoms with Crippen LogP contribution in [-0.4, -0.2) is 19.2 Å². The maximum atomic E-state index is 13.0. The number of nitrogens with zero attached hydrogens (tertiary/aromatic N) is 2. The summed E-state index contributed by atoms with van der Waals surface area (Å²) in [6.45, 7) is 3.63. The van der Waals surface area contributed by atoms with Gasteiger partial charge in [0.15, 0.2) is 0 Å². The van der Waals surface area contributed by atoms with Crippen LogP contribution in [-0.2, 0) is 24.0 Å². The SMILES string of the molecule is Cc1cc(C)c(S(=O)C2CCCC2)cc1-c1nn(C)c(C(F)(F)F)cc1=O. The van der Waals surface area contributed by atoms with Gasteiger partial charge in [-0.15, -0.1) is 0 Å². The van der Waals surface area contributed by atoms with Gasteiger partial charge in [-0.1, -0.05) is 18.9 Å². The molecule has 0 amide bonds. The van der Waals surface area contributed by atoms with Crippen LogP contribution >= 0.6 is 0 Å². The van der Waals surface area contributed by atoms with Gasteiger partial charge in [-0.05, 0) is 43.9 Å². The largest absolute Gasteiger partial charge is 0.433 e. The van der Waals surface area contributed by atoms with Crippen LogP contribution in [0.3, 0.4) is 0 Å². The lowest BCUT2D eigenvalue weighted by Crippen LogP contribution is -2.23. The Morgan fingerprint density at radius 2 is 1.74 bits per heavy atom. The van der Waals surface area contributed by atoms with E-state index in [-0.39, 0.29) is 10.9 Å². The number of hydrogen-bond acceptors (Lipinski definition) is 3. The molecular weight excluding hydrogens is 377 g/mol. The van der Waals surface area contributed by atoms with Crippen LogP contribution in [0, 0.1) is 13.8 Å². The second-order valence-corrected chi connectivity index (χ2v) is 8.70. The number of aryl methyl sites for hydroxylation is 3. The van der Waals surface area contributed by atoms with Crippen LogP contribution in [0.25, 0.3) is 11.3 Å². The van der Waals surface area contributed by atoms with Crippen molar-refractivity contribution in [2.24, 2.45) is 7.05 Å². The number of alkyl halides is 3. The normalized spacial score (nSPS) is 16.7. The van der Waals surface area contributed by atoms with Crippen LogP contribution in [0.15, 0.2) is 27.9 Å². The van der Waals surface area contributed by atoms with Crippen LogP contribution in [0.4, 0.5) is 13.2 Å². The lowest BCUT2D eigenvalue weighted by molar-refractivity contribution is -0.144. The van der Waals surface area contributed by atoms with E-state index in [1.165, 1.54) is 0 Å². The Morgan fingerprint density at radius 1 is 1.11 bits per heavy atom. The van der Waals surface area contributed by atoms with Crippen molar-refractivity contribution >= 4 is 10.8 Å². The van der Waals surface area contributed by atoms with Gasteiger partial charge >= 0.3 is 6.18 Å². The average Bonchev–Trinajstić information content (AvgIpc) is 3.10. The maximum Gasteiger partial charge on any atom is 0.433 e. The van der Waals surface area contributed by atoms with Crippen molar-refractivity contribution in [3.8, 4) is 11.3 Å². The standard InChI is InChI=1S/C19H21F3N2O2S/c1-11-8-12(2)16(27(26)13-6-4-5-7-13)9-14(11)18-15(25)10-17(19(20,21)22)24(3)23-18/h8-10,13H,4-7H2,1-3H3. The van der Waals surface area contributed by atoms with Gasteiger partial charge in [-0.2, -0.15) is 18.3 Å². The van der Waals surface area contributed by atoms with E-state index in [9.17, 15) is 22.2 Å². The first kappa shape index (κ1) is 19.8. The minimum Gasteiger partial charge on any atom is -0.287 e. The third-order valence-corrected chi connectivity index (χ3v) is 6.94. The van der Waals surface area contributed by atoms with Crippen LogP contribution < -0.4 is 5.43 Å². The molecule has 27 heavy (non-hydrogen) atoms. The number of rotatable bonds is 3. The molecule has 1 aromatic carbocycles. The molecule has 4 nitrogen and oxygen atoms in total. The summed E-state index contributed by atoms with van der Waals surface area (Å²) in [7, 11) is -0.0501. The average molecular weight is 398 g/mol. The summed E-state index contributed by atoms with van der Waals surface area (Å²) in [6, 6.07) is 4.04. The molecule has 0 aliphatic heterocycles. The smallest absolute Gasteiger partial charge is 0.287 e. The highest BCUT2D eigenvalue weighted by molar-refractivity contribution is 7.85. The van der Waals surface area contributed by atoms with Gasteiger partial charge in [0.1, 0.15) is 11.4 Å². The summed E-state index contributed by atoms with van der Waals surface area (Å²) in [5.74, 6) is 0. The van der Waals surface area contributed by atoms with Gasteiger partial charge in [0.2, 0.25) is 5.43 Å². The van der Waals surface area contributed by atoms with E-state index in [0.717, 1.165) is 38.3 Å². The van der Waals surface area contributed by atoms with Gasteiger partial charge in [0.25, 0.3) is 0 Å². The Kier molecular flexibility index (Phi) is 5.29. The Morgan fingerprint density at radius 3 is 2.33 bits per heavy atom. The van der Waals surface area contributed by atoms with Crippen molar-refractivity contribution in [1.82, 2.24) is 9.78 Å². The zero-order valence-corrected chi connectivity index (χ0v) is 16.2. The molecule has 0 spiro atoms. The first-order valence-electron chi connectivity index (χ1n) is 8.77. The van der Waals surface area contributed by atoms with E-state index in [0.29, 0.717) is 26.8 Å². The van der Waals surface area contributed by atoms with Crippen molar-refractivity contribution in [3.05, 3.63) is 45.2 Å². The summed E-state index contributed by atoms with van der Waals surface area (Å²) in [5, 5.41) is 3.97. The van der Waals surface area contributed by atoms with Crippen molar-refractivity contribution in [2.45, 2.75) is 55.9 Å². The second kappa shape index (κ2) is 7.22. The Labute approximate surface area is 157 Å². The van der Waals surface area contributed by atoms with E-state index in [4.69, 9.17) is 0 Å². The molecule has 1 unspecified atom stereocenters. The summed E-state index contributed by atoms with van der Waals surface area (Å²) < 4.78 is 52.6. The molecular formula is C19H21F3N2O2S. The van der Waals surface area contributed by atoms with E-state index in [1.807, 2.05) is 13.0 Å². The lowest BCUT2D eigenvalue weighted by atomic mass is 10.0. The molecule has 1 aliphatic carbocycles. The first-order valence-corrected chi connectivity index (χ1v) is 9.98. The van der Waals surface area contributed by atoms with Crippen molar-refractivity contribution in [2.75, 3.05) is 0 Å². The zero-order chi connectivity index (χ0) is 19.9. The fraction of sp³-hybridized carbons (Fsp3) is 0.474. The number of aromatic nitrogens is 2. The number of hydrogen-bond donors (Lipinski definition) is 0. The fourth-order valence-electron chi connectivity index (χ4n) is 3.58. The lowest BCUT2D eigenvalue weighted by Gasteiger charge is -2.16. The molecule has 0 radical (unpaired) electrons. The van der Waals surface area contributed by atoms with E-state index >= 15 is 0 Å². The van der Waals surface area contributed by atoms with Crippen LogP contribution in [0.5, 0.6) is 0 Å². The van der Waals surface area contributed by atoms with Gasteiger partial charge in [-0.3, -0.25) is 13.7 Å². The molecule has 1 heterocycles. The van der Waals surface area contributed by atoms with Gasteiger partial charge in [-0.25, -0.2) is 0 Å². The predicted molar refractivity (Wildman–Crippen MR) is 98.1 cm³/mol. The third kappa shape index (κ3) is 3.85. The van der Waals surface area contributed by atoms with Gasteiger partial charge < -0.3 is 0 Å². The summed E-state index contributed by atoms with van der Waals surface area (Å²) in [6.07, 6.45) is -0.758. The Bertz CT molecular complexity index is 961. The molecule has 8 heteroatoms. The molecule has 1 fully saturated rings. The van der Waals surface area contributed by atoms with Crippen molar-refractivity contribution in [3.63, 3.8) is 0 Å². The monoisotopic (exact) mass is 398 g/mol. The molecule has 0 saturated heterocycles.